The fourth-order valence-electron chi connectivity index (χ4n) is 7.49. The zero-order valence-corrected chi connectivity index (χ0v) is 15.4. The molecule has 4 heteroatoms. The Bertz CT molecular complexity index is 599. The number of aliphatic hydroxyl groups is 3. The molecule has 0 aliphatic heterocycles. The lowest BCUT2D eigenvalue weighted by atomic mass is 9.46. The minimum absolute atomic E-state index is 0.0503. The highest BCUT2D eigenvalue weighted by Crippen LogP contribution is 2.66. The van der Waals surface area contributed by atoms with E-state index in [2.05, 4.69) is 13.8 Å². The summed E-state index contributed by atoms with van der Waals surface area (Å²) in [6.07, 6.45) is 7.00. The van der Waals surface area contributed by atoms with E-state index < -0.39 is 6.10 Å². The molecule has 4 aliphatic rings. The monoisotopic (exact) mass is 348 g/mol. The summed E-state index contributed by atoms with van der Waals surface area (Å²) < 4.78 is 0. The Kier molecular flexibility index (Phi) is 4.17. The third kappa shape index (κ3) is 2.40. The van der Waals surface area contributed by atoms with Gasteiger partial charge in [0.2, 0.25) is 0 Å². The highest BCUT2D eigenvalue weighted by atomic mass is 16.3. The van der Waals surface area contributed by atoms with Gasteiger partial charge in [0.25, 0.3) is 0 Å². The number of rotatable bonds is 2. The second-order valence-electron chi connectivity index (χ2n) is 9.60. The van der Waals surface area contributed by atoms with Crippen LogP contribution in [0.15, 0.2) is 11.6 Å². The molecule has 4 aliphatic carbocycles. The first kappa shape index (κ1) is 17.7. The van der Waals surface area contributed by atoms with Crippen molar-refractivity contribution in [1.29, 1.82) is 0 Å². The van der Waals surface area contributed by atoms with Crippen LogP contribution in [0, 0.1) is 34.5 Å². The first-order chi connectivity index (χ1) is 11.8. The smallest absolute Gasteiger partial charge is 0.155 e. The molecule has 3 N–H and O–H groups in total. The summed E-state index contributed by atoms with van der Waals surface area (Å²) in [7, 11) is 0. The number of aliphatic hydroxyl groups excluding tert-OH is 3. The predicted molar refractivity (Wildman–Crippen MR) is 94.7 cm³/mol. The number of allylic oxidation sites excluding steroid dienone is 1. The summed E-state index contributed by atoms with van der Waals surface area (Å²) in [6.45, 7) is 4.30. The fraction of sp³-hybridized carbons (Fsp3) is 0.857. The van der Waals surface area contributed by atoms with Crippen molar-refractivity contribution in [2.24, 2.45) is 34.5 Å². The highest BCUT2D eigenvalue weighted by molar-refractivity contribution is 5.91. The lowest BCUT2D eigenvalue weighted by molar-refractivity contribution is -0.143. The van der Waals surface area contributed by atoms with Gasteiger partial charge in [0.15, 0.2) is 5.78 Å². The molecule has 0 saturated heterocycles. The van der Waals surface area contributed by atoms with Crippen molar-refractivity contribution >= 4 is 5.78 Å². The first-order valence-corrected chi connectivity index (χ1v) is 10.0. The van der Waals surface area contributed by atoms with Gasteiger partial charge < -0.3 is 15.3 Å². The molecular weight excluding hydrogens is 316 g/mol. The Morgan fingerprint density at radius 2 is 2.00 bits per heavy atom. The van der Waals surface area contributed by atoms with Gasteiger partial charge in [-0.1, -0.05) is 19.4 Å². The molecule has 140 valence electrons. The van der Waals surface area contributed by atoms with Gasteiger partial charge in [0.05, 0.1) is 18.8 Å². The van der Waals surface area contributed by atoms with Crippen molar-refractivity contribution in [2.75, 3.05) is 6.61 Å². The number of carbonyl (C=O) groups is 1. The minimum Gasteiger partial charge on any atom is -0.394 e. The van der Waals surface area contributed by atoms with E-state index >= 15 is 0 Å². The van der Waals surface area contributed by atoms with Crippen LogP contribution < -0.4 is 0 Å². The van der Waals surface area contributed by atoms with Gasteiger partial charge in [0.1, 0.15) is 0 Å². The van der Waals surface area contributed by atoms with Crippen LogP contribution >= 0.6 is 0 Å². The van der Waals surface area contributed by atoms with Gasteiger partial charge >= 0.3 is 0 Å². The van der Waals surface area contributed by atoms with Crippen molar-refractivity contribution in [1.82, 2.24) is 0 Å². The Hall–Kier alpha value is -0.710. The zero-order chi connectivity index (χ0) is 18.0. The van der Waals surface area contributed by atoms with Gasteiger partial charge in [-0.15, -0.1) is 0 Å². The van der Waals surface area contributed by atoms with Gasteiger partial charge in [-0.25, -0.2) is 0 Å². The Morgan fingerprint density at radius 3 is 2.72 bits per heavy atom. The maximum Gasteiger partial charge on any atom is 0.155 e. The largest absolute Gasteiger partial charge is 0.394 e. The van der Waals surface area contributed by atoms with Crippen LogP contribution in [-0.4, -0.2) is 39.9 Å². The molecule has 3 saturated carbocycles. The molecule has 0 radical (unpaired) electrons. The van der Waals surface area contributed by atoms with Crippen molar-refractivity contribution in [3.05, 3.63) is 11.6 Å². The second-order valence-corrected chi connectivity index (χ2v) is 9.60. The summed E-state index contributed by atoms with van der Waals surface area (Å²) in [6, 6.07) is 0. The summed E-state index contributed by atoms with van der Waals surface area (Å²) in [5, 5.41) is 31.0. The number of ketones is 1. The van der Waals surface area contributed by atoms with Crippen LogP contribution in [0.25, 0.3) is 0 Å². The molecule has 0 aromatic heterocycles. The lowest BCUT2D eigenvalue weighted by Crippen LogP contribution is -2.57. The van der Waals surface area contributed by atoms with Gasteiger partial charge in [-0.3, -0.25) is 4.79 Å². The van der Waals surface area contributed by atoms with E-state index in [9.17, 15) is 20.1 Å². The summed E-state index contributed by atoms with van der Waals surface area (Å²) in [4.78, 5) is 11.9. The molecule has 0 spiro atoms. The standard InChI is InChI=1S/C21H32O4/c1-20-8-7-13(23)9-12(20)3-4-14-15-5-6-16(18(25)11-22)21(15,2)10-17(24)19(14)20/h9,14-19,22,24-25H,3-8,10-11H2,1-2H3/t14-,15+,16+,17-,18-,19+,20-,21-/m0/s1. The Balaban J connectivity index is 1.69. The molecule has 0 aromatic carbocycles. The van der Waals surface area contributed by atoms with Gasteiger partial charge in [-0.05, 0) is 79.1 Å². The topological polar surface area (TPSA) is 77.8 Å². The second kappa shape index (κ2) is 5.90. The molecule has 4 rings (SSSR count). The number of hydrogen-bond acceptors (Lipinski definition) is 4. The quantitative estimate of drug-likeness (QED) is 0.716. The summed E-state index contributed by atoms with van der Waals surface area (Å²) in [5.41, 5.74) is 1.12. The summed E-state index contributed by atoms with van der Waals surface area (Å²) in [5.74, 6) is 1.51. The zero-order valence-electron chi connectivity index (χ0n) is 15.4. The first-order valence-electron chi connectivity index (χ1n) is 10.0. The van der Waals surface area contributed by atoms with Crippen LogP contribution in [0.2, 0.25) is 0 Å². The molecule has 0 heterocycles. The molecule has 0 bridgehead atoms. The maximum atomic E-state index is 11.9. The molecule has 3 fully saturated rings. The van der Waals surface area contributed by atoms with Crippen LogP contribution in [0.4, 0.5) is 0 Å². The van der Waals surface area contributed by atoms with E-state index in [1.165, 1.54) is 5.57 Å². The SMILES string of the molecule is C[C@]12C[C@H](O)[C@H]3[C@@H](CCC4=CC(=O)CC[C@@]43C)[C@H]1CC[C@@H]2[C@@H](O)CO. The lowest BCUT2D eigenvalue weighted by Gasteiger charge is -2.60. The fourth-order valence-corrected chi connectivity index (χ4v) is 7.49. The van der Waals surface area contributed by atoms with E-state index in [1.54, 1.807) is 0 Å². The third-order valence-corrected chi connectivity index (χ3v) is 8.62. The van der Waals surface area contributed by atoms with Gasteiger partial charge in [0, 0.05) is 6.42 Å². The van der Waals surface area contributed by atoms with E-state index in [4.69, 9.17) is 0 Å². The van der Waals surface area contributed by atoms with Crippen LogP contribution in [0.5, 0.6) is 0 Å². The van der Waals surface area contributed by atoms with Crippen molar-refractivity contribution in [3.63, 3.8) is 0 Å². The molecule has 25 heavy (non-hydrogen) atoms. The van der Waals surface area contributed by atoms with Crippen molar-refractivity contribution in [2.45, 2.75) is 71.0 Å². The van der Waals surface area contributed by atoms with Crippen LogP contribution in [0.1, 0.15) is 58.8 Å². The third-order valence-electron chi connectivity index (χ3n) is 8.62. The van der Waals surface area contributed by atoms with E-state index in [0.717, 1.165) is 32.1 Å². The Morgan fingerprint density at radius 1 is 1.24 bits per heavy atom. The molecule has 4 nitrogen and oxygen atoms in total. The molecular formula is C21H32O4. The normalized spacial score (nSPS) is 50.5. The number of carbonyl (C=O) groups excluding carboxylic acids is 1. The highest BCUT2D eigenvalue weighted by Gasteiger charge is 2.62. The van der Waals surface area contributed by atoms with Gasteiger partial charge in [-0.2, -0.15) is 0 Å². The number of hydrogen-bond donors (Lipinski definition) is 3. The number of fused-ring (bicyclic) bond motifs is 5. The van der Waals surface area contributed by atoms with E-state index in [0.29, 0.717) is 24.7 Å². The van der Waals surface area contributed by atoms with E-state index in [1.807, 2.05) is 6.08 Å². The Labute approximate surface area is 150 Å². The molecule has 8 atom stereocenters. The van der Waals surface area contributed by atoms with E-state index in [-0.39, 0.29) is 41.2 Å². The molecule has 0 aromatic rings. The molecule has 0 amide bonds. The van der Waals surface area contributed by atoms with Crippen LogP contribution in [0.3, 0.4) is 0 Å². The minimum atomic E-state index is -0.680. The van der Waals surface area contributed by atoms with Crippen molar-refractivity contribution in [3.8, 4) is 0 Å². The molecule has 0 unspecified atom stereocenters. The predicted octanol–water partition coefficient (Wildman–Crippen LogP) is 2.46. The average Bonchev–Trinajstić information content (AvgIpc) is 2.91. The average molecular weight is 348 g/mol. The summed E-state index contributed by atoms with van der Waals surface area (Å²) >= 11 is 0. The van der Waals surface area contributed by atoms with Crippen LogP contribution in [-0.2, 0) is 4.79 Å². The van der Waals surface area contributed by atoms with Crippen molar-refractivity contribution < 1.29 is 20.1 Å². The maximum absolute atomic E-state index is 11.9.